The first-order valence-electron chi connectivity index (χ1n) is 5.13. The number of aliphatic hydroxyl groups is 1. The molecule has 1 heterocycles. The first-order chi connectivity index (χ1) is 7.30. The minimum absolute atomic E-state index is 0.427. The van der Waals surface area contributed by atoms with Gasteiger partial charge in [0.2, 0.25) is 0 Å². The van der Waals surface area contributed by atoms with E-state index >= 15 is 0 Å². The Bertz CT molecular complexity index is 393. The Kier molecular flexibility index (Phi) is 2.49. The van der Waals surface area contributed by atoms with Gasteiger partial charge in [0.05, 0.1) is 5.60 Å². The zero-order valence-electron chi connectivity index (χ0n) is 8.88. The van der Waals surface area contributed by atoms with E-state index in [0.29, 0.717) is 18.5 Å². The summed E-state index contributed by atoms with van der Waals surface area (Å²) in [5, 5.41) is 13.0. The first kappa shape index (κ1) is 11.4. The Morgan fingerprint density at radius 3 is 2.56 bits per heavy atom. The van der Waals surface area contributed by atoms with Crippen molar-refractivity contribution in [1.29, 1.82) is 0 Å². The fourth-order valence-electron chi connectivity index (χ4n) is 1.63. The lowest BCUT2D eigenvalue weighted by Gasteiger charge is -2.06. The molecular formula is C10H13F3N2O. The minimum Gasteiger partial charge on any atom is -0.390 e. The Morgan fingerprint density at radius 1 is 1.50 bits per heavy atom. The van der Waals surface area contributed by atoms with Crippen molar-refractivity contribution in [3.05, 3.63) is 17.5 Å². The van der Waals surface area contributed by atoms with Gasteiger partial charge in [-0.1, -0.05) is 0 Å². The minimum atomic E-state index is -4.40. The molecule has 90 valence electrons. The van der Waals surface area contributed by atoms with E-state index in [-0.39, 0.29) is 0 Å². The second-order valence-electron chi connectivity index (χ2n) is 4.37. The summed E-state index contributed by atoms with van der Waals surface area (Å²) in [4.78, 5) is 0. The molecule has 0 aliphatic heterocycles. The maximum absolute atomic E-state index is 12.3. The standard InChI is InChI=1S/C10H13F3N2O/c1-15-7(2-3-9(16)4-5-9)6-8(14-15)10(11,12)13/h6,16H,2-5H2,1H3. The lowest BCUT2D eigenvalue weighted by Crippen LogP contribution is -2.09. The maximum atomic E-state index is 12.3. The fourth-order valence-corrected chi connectivity index (χ4v) is 1.63. The summed E-state index contributed by atoms with van der Waals surface area (Å²) >= 11 is 0. The van der Waals surface area contributed by atoms with Crippen molar-refractivity contribution < 1.29 is 18.3 Å². The molecule has 0 aromatic carbocycles. The summed E-state index contributed by atoms with van der Waals surface area (Å²) in [5.41, 5.74) is -0.997. The second kappa shape index (κ2) is 3.48. The van der Waals surface area contributed by atoms with Gasteiger partial charge >= 0.3 is 6.18 Å². The third-order valence-corrected chi connectivity index (χ3v) is 2.94. The van der Waals surface area contributed by atoms with Gasteiger partial charge in [-0.05, 0) is 31.7 Å². The lowest BCUT2D eigenvalue weighted by molar-refractivity contribution is -0.141. The van der Waals surface area contributed by atoms with Crippen LogP contribution in [0.15, 0.2) is 6.07 Å². The van der Waals surface area contributed by atoms with Crippen molar-refractivity contribution >= 4 is 0 Å². The van der Waals surface area contributed by atoms with Crippen molar-refractivity contribution in [2.45, 2.75) is 37.5 Å². The van der Waals surface area contributed by atoms with Gasteiger partial charge in [0.1, 0.15) is 0 Å². The van der Waals surface area contributed by atoms with Crippen LogP contribution in [0.2, 0.25) is 0 Å². The average Bonchev–Trinajstić information content (AvgIpc) is 2.74. The molecule has 1 aromatic rings. The second-order valence-corrected chi connectivity index (χ2v) is 4.37. The smallest absolute Gasteiger partial charge is 0.390 e. The normalized spacial score (nSPS) is 18.8. The molecule has 0 radical (unpaired) electrons. The number of aryl methyl sites for hydroxylation is 2. The van der Waals surface area contributed by atoms with Gasteiger partial charge in [-0.2, -0.15) is 18.3 Å². The SMILES string of the molecule is Cn1nc(C(F)(F)F)cc1CCC1(O)CC1. The monoisotopic (exact) mass is 234 g/mol. The van der Waals surface area contributed by atoms with Crippen LogP contribution in [0, 0.1) is 0 Å². The Balaban J connectivity index is 2.06. The predicted octanol–water partition coefficient (Wildman–Crippen LogP) is 1.90. The maximum Gasteiger partial charge on any atom is 0.435 e. The van der Waals surface area contributed by atoms with Crippen LogP contribution < -0.4 is 0 Å². The van der Waals surface area contributed by atoms with E-state index in [1.807, 2.05) is 0 Å². The van der Waals surface area contributed by atoms with Crippen LogP contribution in [-0.2, 0) is 19.6 Å². The molecule has 1 aromatic heterocycles. The molecule has 3 nitrogen and oxygen atoms in total. The number of hydrogen-bond donors (Lipinski definition) is 1. The van der Waals surface area contributed by atoms with Gasteiger partial charge in [-0.25, -0.2) is 0 Å². The zero-order valence-corrected chi connectivity index (χ0v) is 8.88. The Labute approximate surface area is 90.9 Å². The Hall–Kier alpha value is -1.04. The Morgan fingerprint density at radius 2 is 2.12 bits per heavy atom. The fraction of sp³-hybridized carbons (Fsp3) is 0.700. The lowest BCUT2D eigenvalue weighted by atomic mass is 10.1. The largest absolute Gasteiger partial charge is 0.435 e. The van der Waals surface area contributed by atoms with Gasteiger partial charge in [-0.3, -0.25) is 4.68 Å². The van der Waals surface area contributed by atoms with E-state index in [0.717, 1.165) is 18.9 Å². The van der Waals surface area contributed by atoms with Gasteiger partial charge in [0, 0.05) is 12.7 Å². The summed E-state index contributed by atoms with van der Waals surface area (Å²) in [7, 11) is 1.49. The molecule has 0 atom stereocenters. The van der Waals surface area contributed by atoms with Crippen LogP contribution in [0.1, 0.15) is 30.7 Å². The highest BCUT2D eigenvalue weighted by atomic mass is 19.4. The van der Waals surface area contributed by atoms with Crippen LogP contribution in [0.5, 0.6) is 0 Å². The molecule has 0 spiro atoms. The summed E-state index contributed by atoms with van der Waals surface area (Å²) in [6.45, 7) is 0. The summed E-state index contributed by atoms with van der Waals surface area (Å²) in [5.74, 6) is 0. The van der Waals surface area contributed by atoms with Crippen LogP contribution >= 0.6 is 0 Å². The summed E-state index contributed by atoms with van der Waals surface area (Å²) in [6.07, 6.45) is -1.97. The van der Waals surface area contributed by atoms with E-state index in [9.17, 15) is 18.3 Å². The molecule has 1 fully saturated rings. The molecular weight excluding hydrogens is 221 g/mol. The highest BCUT2D eigenvalue weighted by Gasteiger charge is 2.40. The van der Waals surface area contributed by atoms with Crippen molar-refractivity contribution in [2.24, 2.45) is 7.05 Å². The van der Waals surface area contributed by atoms with E-state index < -0.39 is 17.5 Å². The highest BCUT2D eigenvalue weighted by molar-refractivity contribution is 5.14. The molecule has 1 aliphatic carbocycles. The first-order valence-corrected chi connectivity index (χ1v) is 5.13. The third kappa shape index (κ3) is 2.37. The van der Waals surface area contributed by atoms with E-state index in [2.05, 4.69) is 5.10 Å². The molecule has 1 N–H and O–H groups in total. The van der Waals surface area contributed by atoms with E-state index in [1.165, 1.54) is 11.7 Å². The summed E-state index contributed by atoms with van der Waals surface area (Å²) in [6, 6.07) is 1.05. The molecule has 1 saturated carbocycles. The molecule has 16 heavy (non-hydrogen) atoms. The van der Waals surface area contributed by atoms with Crippen molar-refractivity contribution in [3.8, 4) is 0 Å². The van der Waals surface area contributed by atoms with Gasteiger partial charge in [0.25, 0.3) is 0 Å². The van der Waals surface area contributed by atoms with Crippen molar-refractivity contribution in [3.63, 3.8) is 0 Å². The quantitative estimate of drug-likeness (QED) is 0.867. The topological polar surface area (TPSA) is 38.0 Å². The van der Waals surface area contributed by atoms with Crippen LogP contribution in [0.3, 0.4) is 0 Å². The van der Waals surface area contributed by atoms with Crippen LogP contribution in [0.4, 0.5) is 13.2 Å². The van der Waals surface area contributed by atoms with Crippen LogP contribution in [-0.4, -0.2) is 20.5 Å². The molecule has 0 amide bonds. The van der Waals surface area contributed by atoms with Gasteiger partial charge in [-0.15, -0.1) is 0 Å². The van der Waals surface area contributed by atoms with Crippen molar-refractivity contribution in [1.82, 2.24) is 9.78 Å². The van der Waals surface area contributed by atoms with Crippen LogP contribution in [0.25, 0.3) is 0 Å². The molecule has 0 saturated heterocycles. The highest BCUT2D eigenvalue weighted by Crippen LogP contribution is 2.39. The van der Waals surface area contributed by atoms with Crippen molar-refractivity contribution in [2.75, 3.05) is 0 Å². The van der Waals surface area contributed by atoms with Gasteiger partial charge in [0.15, 0.2) is 5.69 Å². The number of halogens is 3. The molecule has 2 rings (SSSR count). The van der Waals surface area contributed by atoms with E-state index in [1.54, 1.807) is 0 Å². The number of hydrogen-bond acceptors (Lipinski definition) is 2. The number of rotatable bonds is 3. The number of alkyl halides is 3. The predicted molar refractivity (Wildman–Crippen MR) is 50.7 cm³/mol. The van der Waals surface area contributed by atoms with Gasteiger partial charge < -0.3 is 5.11 Å². The molecule has 6 heteroatoms. The number of aromatic nitrogens is 2. The third-order valence-electron chi connectivity index (χ3n) is 2.94. The molecule has 0 unspecified atom stereocenters. The molecule has 0 bridgehead atoms. The van der Waals surface area contributed by atoms with E-state index in [4.69, 9.17) is 0 Å². The molecule has 1 aliphatic rings. The summed E-state index contributed by atoms with van der Waals surface area (Å²) < 4.78 is 38.3. The zero-order chi connectivity index (χ0) is 12.0. The number of nitrogens with zero attached hydrogens (tertiary/aromatic N) is 2. The average molecular weight is 234 g/mol.